The molecule has 1 saturated heterocycles. The number of hydrogen-bond acceptors (Lipinski definition) is 4. The molecule has 0 aliphatic carbocycles. The maximum Gasteiger partial charge on any atom is 0.338 e. The molecule has 1 aliphatic rings. The van der Waals surface area contributed by atoms with Crippen LogP contribution in [0.4, 0.5) is 11.4 Å². The first-order valence-corrected chi connectivity index (χ1v) is 9.02. The zero-order valence-electron chi connectivity index (χ0n) is 14.2. The van der Waals surface area contributed by atoms with Gasteiger partial charge in [0.1, 0.15) is 0 Å². The Morgan fingerprint density at radius 1 is 1.07 bits per heavy atom. The maximum atomic E-state index is 12.0. The molecule has 0 saturated carbocycles. The molecule has 0 atom stereocenters. The van der Waals surface area contributed by atoms with Crippen molar-refractivity contribution in [3.63, 3.8) is 0 Å². The minimum absolute atomic E-state index is 0.0981. The number of ether oxygens (including phenoxy) is 1. The fourth-order valence-electron chi connectivity index (χ4n) is 2.68. The first-order chi connectivity index (χ1) is 12.9. The van der Waals surface area contributed by atoms with Crippen molar-refractivity contribution in [1.82, 2.24) is 0 Å². The molecular formula is C19H16Cl2N2O4. The van der Waals surface area contributed by atoms with Crippen LogP contribution < -0.4 is 10.2 Å². The third-order valence-corrected chi connectivity index (χ3v) is 4.76. The average molecular weight is 407 g/mol. The number of anilines is 2. The molecule has 140 valence electrons. The summed E-state index contributed by atoms with van der Waals surface area (Å²) in [5.74, 6) is -1.05. The molecule has 1 fully saturated rings. The van der Waals surface area contributed by atoms with E-state index in [4.69, 9.17) is 27.9 Å². The number of hydrogen-bond donors (Lipinski definition) is 1. The minimum Gasteiger partial charge on any atom is -0.452 e. The molecule has 3 rings (SSSR count). The Hall–Kier alpha value is -2.57. The summed E-state index contributed by atoms with van der Waals surface area (Å²) in [6.45, 7) is 0.265. The quantitative estimate of drug-likeness (QED) is 0.763. The van der Waals surface area contributed by atoms with Gasteiger partial charge < -0.3 is 15.0 Å². The van der Waals surface area contributed by atoms with Gasteiger partial charge in [0.15, 0.2) is 6.61 Å². The molecule has 27 heavy (non-hydrogen) atoms. The average Bonchev–Trinajstić information content (AvgIpc) is 3.08. The second kappa shape index (κ2) is 8.41. The highest BCUT2D eigenvalue weighted by atomic mass is 35.5. The van der Waals surface area contributed by atoms with E-state index >= 15 is 0 Å². The Morgan fingerprint density at radius 3 is 2.44 bits per heavy atom. The molecular weight excluding hydrogens is 391 g/mol. The molecule has 1 aliphatic heterocycles. The number of halogens is 2. The number of nitrogens with one attached hydrogen (secondary N) is 1. The lowest BCUT2D eigenvalue weighted by molar-refractivity contribution is -0.119. The third kappa shape index (κ3) is 4.78. The lowest BCUT2D eigenvalue weighted by atomic mass is 10.2. The summed E-state index contributed by atoms with van der Waals surface area (Å²) in [5.41, 5.74) is 1.54. The van der Waals surface area contributed by atoms with Gasteiger partial charge in [0.2, 0.25) is 5.91 Å². The summed E-state index contributed by atoms with van der Waals surface area (Å²) >= 11 is 11.6. The highest BCUT2D eigenvalue weighted by Crippen LogP contribution is 2.24. The highest BCUT2D eigenvalue weighted by Gasteiger charge is 2.21. The SMILES string of the molecule is O=C(COC(=O)c1ccc(Cl)c(Cl)c1)Nc1ccc(N2CCCC2=O)cc1. The van der Waals surface area contributed by atoms with Gasteiger partial charge in [0, 0.05) is 24.3 Å². The van der Waals surface area contributed by atoms with E-state index < -0.39 is 18.5 Å². The van der Waals surface area contributed by atoms with Gasteiger partial charge in [-0.15, -0.1) is 0 Å². The largest absolute Gasteiger partial charge is 0.452 e. The standard InChI is InChI=1S/C19H16Cl2N2O4/c20-15-8-3-12(10-16(15)21)19(26)27-11-17(24)22-13-4-6-14(7-5-13)23-9-1-2-18(23)25/h3-8,10H,1-2,9,11H2,(H,22,24). The number of carbonyl (C=O) groups excluding carboxylic acids is 3. The molecule has 2 aromatic rings. The summed E-state index contributed by atoms with van der Waals surface area (Å²) in [6.07, 6.45) is 1.41. The van der Waals surface area contributed by atoms with Gasteiger partial charge in [0.05, 0.1) is 15.6 Å². The molecule has 0 aromatic heterocycles. The first-order valence-electron chi connectivity index (χ1n) is 8.26. The Labute approximate surface area is 166 Å². The van der Waals surface area contributed by atoms with E-state index in [1.807, 2.05) is 0 Å². The molecule has 6 nitrogen and oxygen atoms in total. The van der Waals surface area contributed by atoms with Crippen molar-refractivity contribution in [2.75, 3.05) is 23.4 Å². The second-order valence-corrected chi connectivity index (χ2v) is 6.76. The zero-order chi connectivity index (χ0) is 19.4. The van der Waals surface area contributed by atoms with E-state index in [-0.39, 0.29) is 16.5 Å². The van der Waals surface area contributed by atoms with Crippen molar-refractivity contribution in [1.29, 1.82) is 0 Å². The van der Waals surface area contributed by atoms with Gasteiger partial charge in [0.25, 0.3) is 5.91 Å². The van der Waals surface area contributed by atoms with Crippen LogP contribution in [-0.2, 0) is 14.3 Å². The van der Waals surface area contributed by atoms with Crippen molar-refractivity contribution >= 4 is 52.4 Å². The normalized spacial score (nSPS) is 13.6. The number of nitrogens with zero attached hydrogens (tertiary/aromatic N) is 1. The number of amides is 2. The van der Waals surface area contributed by atoms with Crippen LogP contribution in [-0.4, -0.2) is 30.9 Å². The maximum absolute atomic E-state index is 12.0. The van der Waals surface area contributed by atoms with Crippen molar-refractivity contribution in [2.24, 2.45) is 0 Å². The molecule has 0 bridgehead atoms. The molecule has 8 heteroatoms. The summed E-state index contributed by atoms with van der Waals surface area (Å²) < 4.78 is 4.97. The number of benzene rings is 2. The Kier molecular flexibility index (Phi) is 5.98. The van der Waals surface area contributed by atoms with Crippen molar-refractivity contribution in [3.05, 3.63) is 58.1 Å². The van der Waals surface area contributed by atoms with E-state index in [0.717, 1.165) is 12.1 Å². The zero-order valence-corrected chi connectivity index (χ0v) is 15.7. The Morgan fingerprint density at radius 2 is 1.81 bits per heavy atom. The smallest absolute Gasteiger partial charge is 0.338 e. The third-order valence-electron chi connectivity index (χ3n) is 4.03. The summed E-state index contributed by atoms with van der Waals surface area (Å²) in [5, 5.41) is 3.18. The lowest BCUT2D eigenvalue weighted by Gasteiger charge is -2.16. The molecule has 2 aromatic carbocycles. The summed E-state index contributed by atoms with van der Waals surface area (Å²) in [4.78, 5) is 37.4. The van der Waals surface area contributed by atoms with E-state index in [1.54, 1.807) is 29.2 Å². The molecule has 1 heterocycles. The topological polar surface area (TPSA) is 75.7 Å². The highest BCUT2D eigenvalue weighted by molar-refractivity contribution is 6.42. The molecule has 2 amide bonds. The van der Waals surface area contributed by atoms with Crippen LogP contribution in [0.15, 0.2) is 42.5 Å². The van der Waals surface area contributed by atoms with E-state index in [1.165, 1.54) is 18.2 Å². The monoisotopic (exact) mass is 406 g/mol. The van der Waals surface area contributed by atoms with Gasteiger partial charge >= 0.3 is 5.97 Å². The number of esters is 1. The number of rotatable bonds is 5. The van der Waals surface area contributed by atoms with Gasteiger partial charge in [-0.1, -0.05) is 23.2 Å². The lowest BCUT2D eigenvalue weighted by Crippen LogP contribution is -2.23. The first kappa shape index (κ1) is 19.2. The second-order valence-electron chi connectivity index (χ2n) is 5.95. The molecule has 0 unspecified atom stereocenters. The van der Waals surface area contributed by atoms with Crippen LogP contribution in [0.5, 0.6) is 0 Å². The van der Waals surface area contributed by atoms with Gasteiger partial charge in [-0.3, -0.25) is 9.59 Å². The number of carbonyl (C=O) groups is 3. The van der Waals surface area contributed by atoms with Crippen LogP contribution >= 0.6 is 23.2 Å². The molecule has 0 spiro atoms. The summed E-state index contributed by atoms with van der Waals surface area (Å²) in [6, 6.07) is 11.2. The molecule has 0 radical (unpaired) electrons. The Balaban J connectivity index is 1.52. The van der Waals surface area contributed by atoms with E-state index in [0.29, 0.717) is 23.7 Å². The predicted octanol–water partition coefficient (Wildman–Crippen LogP) is 3.92. The Bertz CT molecular complexity index is 884. The van der Waals surface area contributed by atoms with E-state index in [9.17, 15) is 14.4 Å². The van der Waals surface area contributed by atoms with Crippen LogP contribution in [0.1, 0.15) is 23.2 Å². The van der Waals surface area contributed by atoms with Crippen LogP contribution in [0.3, 0.4) is 0 Å². The van der Waals surface area contributed by atoms with Crippen molar-refractivity contribution < 1.29 is 19.1 Å². The molecule has 1 N–H and O–H groups in total. The van der Waals surface area contributed by atoms with Gasteiger partial charge in [-0.05, 0) is 48.9 Å². The van der Waals surface area contributed by atoms with Gasteiger partial charge in [-0.25, -0.2) is 4.79 Å². The van der Waals surface area contributed by atoms with Crippen molar-refractivity contribution in [2.45, 2.75) is 12.8 Å². The fourth-order valence-corrected chi connectivity index (χ4v) is 2.98. The van der Waals surface area contributed by atoms with Crippen LogP contribution in [0.2, 0.25) is 10.0 Å². The van der Waals surface area contributed by atoms with Gasteiger partial charge in [-0.2, -0.15) is 0 Å². The van der Waals surface area contributed by atoms with Crippen LogP contribution in [0, 0.1) is 0 Å². The van der Waals surface area contributed by atoms with Crippen LogP contribution in [0.25, 0.3) is 0 Å². The minimum atomic E-state index is -0.674. The van der Waals surface area contributed by atoms with Crippen molar-refractivity contribution in [3.8, 4) is 0 Å². The predicted molar refractivity (Wildman–Crippen MR) is 103 cm³/mol. The summed E-state index contributed by atoms with van der Waals surface area (Å²) in [7, 11) is 0. The van der Waals surface area contributed by atoms with E-state index in [2.05, 4.69) is 5.32 Å². The fraction of sp³-hybridized carbons (Fsp3) is 0.211.